The average molecular weight is 326 g/mol. The molecule has 0 radical (unpaired) electrons. The molecule has 0 aliphatic carbocycles. The van der Waals surface area contributed by atoms with Gasteiger partial charge >= 0.3 is 0 Å². The second kappa shape index (κ2) is 6.30. The van der Waals surface area contributed by atoms with Crippen molar-refractivity contribution in [1.82, 2.24) is 5.32 Å². The van der Waals surface area contributed by atoms with Crippen molar-refractivity contribution in [3.05, 3.63) is 71.2 Å². The van der Waals surface area contributed by atoms with Crippen LogP contribution in [0.15, 0.2) is 54.2 Å². The van der Waals surface area contributed by atoms with Crippen LogP contribution in [0.25, 0.3) is 6.08 Å². The molecule has 0 saturated carbocycles. The third kappa shape index (κ3) is 2.87. The van der Waals surface area contributed by atoms with Gasteiger partial charge in [-0.1, -0.05) is 43.3 Å². The van der Waals surface area contributed by atoms with Crippen molar-refractivity contribution in [3.63, 3.8) is 0 Å². The number of hydrogen-bond acceptors (Lipinski definition) is 2. The number of para-hydroxylation sites is 1. The third-order valence-electron chi connectivity index (χ3n) is 3.70. The Bertz CT molecular complexity index is 816. The standard InChI is InChI=1S/C18H15FN2OS/c1-2-12-7-4-6-10-16(12)21-17(22)15(20-18(21)23)11-13-8-3-5-9-14(13)19/h3-11H,2H2,1H3,(H,20,23)/b15-11+. The summed E-state index contributed by atoms with van der Waals surface area (Å²) >= 11 is 5.29. The molecule has 1 amide bonds. The summed E-state index contributed by atoms with van der Waals surface area (Å²) in [7, 11) is 0. The molecule has 0 aromatic heterocycles. The molecule has 116 valence electrons. The lowest BCUT2D eigenvalue weighted by Crippen LogP contribution is -2.31. The summed E-state index contributed by atoms with van der Waals surface area (Å²) in [5.74, 6) is -0.660. The summed E-state index contributed by atoms with van der Waals surface area (Å²) in [6, 6.07) is 13.9. The van der Waals surface area contributed by atoms with Crippen LogP contribution in [0.4, 0.5) is 10.1 Å². The maximum atomic E-state index is 13.8. The molecule has 1 heterocycles. The molecule has 0 atom stereocenters. The van der Waals surface area contributed by atoms with Gasteiger partial charge in [-0.25, -0.2) is 4.39 Å². The first-order chi connectivity index (χ1) is 11.1. The molecule has 1 aliphatic rings. The number of thiocarbonyl (C=S) groups is 1. The fourth-order valence-corrected chi connectivity index (χ4v) is 2.82. The molecule has 3 nitrogen and oxygen atoms in total. The Morgan fingerprint density at radius 1 is 1.17 bits per heavy atom. The van der Waals surface area contributed by atoms with Crippen molar-refractivity contribution < 1.29 is 9.18 Å². The number of amides is 1. The van der Waals surface area contributed by atoms with Crippen molar-refractivity contribution in [1.29, 1.82) is 0 Å². The SMILES string of the molecule is CCc1ccccc1N1C(=O)/C(=C\c2ccccc2F)NC1=S. The molecule has 2 aromatic carbocycles. The minimum Gasteiger partial charge on any atom is -0.327 e. The number of anilines is 1. The van der Waals surface area contributed by atoms with Crippen LogP contribution in [0.1, 0.15) is 18.1 Å². The number of carbonyl (C=O) groups excluding carboxylic acids is 1. The Kier molecular flexibility index (Phi) is 4.21. The Labute approximate surface area is 139 Å². The second-order valence-corrected chi connectivity index (χ2v) is 5.52. The van der Waals surface area contributed by atoms with E-state index in [1.807, 2.05) is 31.2 Å². The molecule has 1 fully saturated rings. The topological polar surface area (TPSA) is 32.3 Å². The van der Waals surface area contributed by atoms with Crippen molar-refractivity contribution in [2.75, 3.05) is 4.90 Å². The highest BCUT2D eigenvalue weighted by molar-refractivity contribution is 7.80. The lowest BCUT2D eigenvalue weighted by molar-refractivity contribution is -0.113. The highest BCUT2D eigenvalue weighted by atomic mass is 32.1. The number of aryl methyl sites for hydroxylation is 1. The molecule has 3 rings (SSSR count). The Balaban J connectivity index is 1.99. The zero-order valence-electron chi connectivity index (χ0n) is 12.5. The molecule has 1 aliphatic heterocycles. The normalized spacial score (nSPS) is 16.1. The van der Waals surface area contributed by atoms with Gasteiger partial charge in [0, 0.05) is 5.56 Å². The summed E-state index contributed by atoms with van der Waals surface area (Å²) in [4.78, 5) is 14.1. The minimum atomic E-state index is -0.382. The highest BCUT2D eigenvalue weighted by Gasteiger charge is 2.33. The molecule has 0 spiro atoms. The molecule has 5 heteroatoms. The first kappa shape index (κ1) is 15.4. The summed E-state index contributed by atoms with van der Waals surface area (Å²) in [5, 5.41) is 3.19. The molecule has 1 saturated heterocycles. The van der Waals surface area contributed by atoms with Crippen molar-refractivity contribution in [3.8, 4) is 0 Å². The van der Waals surface area contributed by atoms with Crippen LogP contribution in [0, 0.1) is 5.82 Å². The van der Waals surface area contributed by atoms with Gasteiger partial charge in [-0.15, -0.1) is 0 Å². The van der Waals surface area contributed by atoms with Crippen molar-refractivity contribution in [2.24, 2.45) is 0 Å². The Morgan fingerprint density at radius 3 is 2.61 bits per heavy atom. The Hall–Kier alpha value is -2.53. The van der Waals surface area contributed by atoms with Gasteiger partial charge in [-0.05, 0) is 42.4 Å². The largest absolute Gasteiger partial charge is 0.327 e. The fourth-order valence-electron chi connectivity index (χ4n) is 2.53. The van der Waals surface area contributed by atoms with E-state index in [-0.39, 0.29) is 17.4 Å². The molecule has 1 N–H and O–H groups in total. The van der Waals surface area contributed by atoms with Crippen molar-refractivity contribution >= 4 is 35.0 Å². The minimum absolute atomic E-state index is 0.269. The van der Waals surface area contributed by atoms with E-state index in [1.54, 1.807) is 18.2 Å². The fraction of sp³-hybridized carbons (Fsp3) is 0.111. The number of nitrogens with one attached hydrogen (secondary N) is 1. The van der Waals surface area contributed by atoms with Gasteiger partial charge < -0.3 is 5.32 Å². The summed E-state index contributed by atoms with van der Waals surface area (Å²) < 4.78 is 13.8. The van der Waals surface area contributed by atoms with E-state index in [0.717, 1.165) is 17.7 Å². The van der Waals surface area contributed by atoms with Gasteiger partial charge in [0.25, 0.3) is 5.91 Å². The van der Waals surface area contributed by atoms with E-state index in [9.17, 15) is 9.18 Å². The van der Waals surface area contributed by atoms with Gasteiger partial charge in [0.1, 0.15) is 11.5 Å². The van der Waals surface area contributed by atoms with Gasteiger partial charge in [0.2, 0.25) is 0 Å². The van der Waals surface area contributed by atoms with E-state index in [0.29, 0.717) is 10.7 Å². The van der Waals surface area contributed by atoms with Crippen LogP contribution < -0.4 is 10.2 Å². The van der Waals surface area contributed by atoms with Crippen LogP contribution >= 0.6 is 12.2 Å². The predicted molar refractivity (Wildman–Crippen MR) is 93.4 cm³/mol. The monoisotopic (exact) mass is 326 g/mol. The van der Waals surface area contributed by atoms with Gasteiger partial charge in [-0.3, -0.25) is 9.69 Å². The van der Waals surface area contributed by atoms with Crippen molar-refractivity contribution in [2.45, 2.75) is 13.3 Å². The highest BCUT2D eigenvalue weighted by Crippen LogP contribution is 2.26. The second-order valence-electron chi connectivity index (χ2n) is 5.13. The Morgan fingerprint density at radius 2 is 1.87 bits per heavy atom. The van der Waals surface area contributed by atoms with Crippen LogP contribution in [-0.4, -0.2) is 11.0 Å². The quantitative estimate of drug-likeness (QED) is 0.690. The maximum absolute atomic E-state index is 13.8. The molecule has 0 bridgehead atoms. The first-order valence-corrected chi connectivity index (χ1v) is 7.72. The lowest BCUT2D eigenvalue weighted by Gasteiger charge is -2.17. The number of hydrogen-bond donors (Lipinski definition) is 1. The molecule has 23 heavy (non-hydrogen) atoms. The van der Waals surface area contributed by atoms with E-state index in [2.05, 4.69) is 5.32 Å². The van der Waals surface area contributed by atoms with E-state index < -0.39 is 0 Å². The predicted octanol–water partition coefficient (Wildman–Crippen LogP) is 3.65. The molecular weight excluding hydrogens is 311 g/mol. The molecular formula is C18H15FN2OS. The average Bonchev–Trinajstić information content (AvgIpc) is 2.83. The number of nitrogens with zero attached hydrogens (tertiary/aromatic N) is 1. The van der Waals surface area contributed by atoms with E-state index in [1.165, 1.54) is 17.0 Å². The number of benzene rings is 2. The maximum Gasteiger partial charge on any atom is 0.281 e. The smallest absolute Gasteiger partial charge is 0.281 e. The number of carbonyl (C=O) groups is 1. The summed E-state index contributed by atoms with van der Waals surface area (Å²) in [6.07, 6.45) is 2.27. The summed E-state index contributed by atoms with van der Waals surface area (Å²) in [5.41, 5.74) is 2.40. The van der Waals surface area contributed by atoms with Crippen LogP contribution in [0.3, 0.4) is 0 Å². The van der Waals surface area contributed by atoms with Crippen LogP contribution in [0.5, 0.6) is 0 Å². The zero-order valence-corrected chi connectivity index (χ0v) is 13.4. The molecule has 2 aromatic rings. The van der Waals surface area contributed by atoms with Gasteiger partial charge in [0.15, 0.2) is 5.11 Å². The first-order valence-electron chi connectivity index (χ1n) is 7.31. The van der Waals surface area contributed by atoms with E-state index >= 15 is 0 Å². The lowest BCUT2D eigenvalue weighted by atomic mass is 10.1. The third-order valence-corrected chi connectivity index (χ3v) is 3.98. The molecule has 0 unspecified atom stereocenters. The van der Waals surface area contributed by atoms with Crippen LogP contribution in [-0.2, 0) is 11.2 Å². The van der Waals surface area contributed by atoms with Gasteiger partial charge in [-0.2, -0.15) is 0 Å². The van der Waals surface area contributed by atoms with E-state index in [4.69, 9.17) is 12.2 Å². The zero-order chi connectivity index (χ0) is 16.4. The number of halogens is 1. The van der Waals surface area contributed by atoms with Gasteiger partial charge in [0.05, 0.1) is 5.69 Å². The summed E-state index contributed by atoms with van der Waals surface area (Å²) in [6.45, 7) is 2.02. The number of rotatable bonds is 3. The van der Waals surface area contributed by atoms with Crippen LogP contribution in [0.2, 0.25) is 0 Å².